The summed E-state index contributed by atoms with van der Waals surface area (Å²) in [4.78, 5) is 35.9. The number of nitrogens with one attached hydrogen (secondary N) is 2. The number of fused-ring (bicyclic) bond motifs is 2. The summed E-state index contributed by atoms with van der Waals surface area (Å²) >= 11 is 0. The molecule has 0 saturated carbocycles. The zero-order valence-electron chi connectivity index (χ0n) is 17.0. The topological polar surface area (TPSA) is 105 Å². The molecule has 154 valence electrons. The molecule has 1 fully saturated rings. The highest BCUT2D eigenvalue weighted by Crippen LogP contribution is 2.31. The van der Waals surface area contributed by atoms with Gasteiger partial charge in [0.2, 0.25) is 5.91 Å². The first-order valence-electron chi connectivity index (χ1n) is 10.1. The van der Waals surface area contributed by atoms with Crippen molar-refractivity contribution in [2.45, 2.75) is 38.8 Å². The summed E-state index contributed by atoms with van der Waals surface area (Å²) < 4.78 is 1.67. The maximum atomic E-state index is 12.8. The Morgan fingerprint density at radius 1 is 1.13 bits per heavy atom. The van der Waals surface area contributed by atoms with Gasteiger partial charge in [-0.05, 0) is 32.0 Å². The van der Waals surface area contributed by atoms with Crippen LogP contribution in [0.4, 0.5) is 5.69 Å². The molecule has 0 bridgehead atoms. The van der Waals surface area contributed by atoms with Gasteiger partial charge in [-0.15, -0.1) is 5.10 Å². The van der Waals surface area contributed by atoms with Crippen LogP contribution in [0.1, 0.15) is 40.4 Å². The first kappa shape index (κ1) is 18.5. The number of nitrogens with zero attached hydrogens (tertiary/aromatic N) is 5. The highest BCUT2D eigenvalue weighted by Gasteiger charge is 2.40. The van der Waals surface area contributed by atoms with Crippen molar-refractivity contribution in [2.24, 2.45) is 0 Å². The van der Waals surface area contributed by atoms with Gasteiger partial charge in [-0.1, -0.05) is 12.1 Å². The number of hydrogen-bond donors (Lipinski definition) is 2. The van der Waals surface area contributed by atoms with Crippen molar-refractivity contribution in [3.63, 3.8) is 0 Å². The molecule has 1 spiro atoms. The molecule has 1 aromatic carbocycles. The van der Waals surface area contributed by atoms with Gasteiger partial charge in [-0.2, -0.15) is 4.98 Å². The normalized spacial score (nSPS) is 17.5. The molecule has 2 aliphatic rings. The lowest BCUT2D eigenvalue weighted by Crippen LogP contribution is -2.62. The van der Waals surface area contributed by atoms with E-state index in [1.165, 1.54) is 0 Å². The number of amides is 2. The first-order chi connectivity index (χ1) is 14.4. The van der Waals surface area contributed by atoms with Crippen LogP contribution in [0.2, 0.25) is 0 Å². The minimum Gasteiger partial charge on any atom is -0.362 e. The van der Waals surface area contributed by atoms with Crippen LogP contribution in [0.15, 0.2) is 30.3 Å². The predicted molar refractivity (Wildman–Crippen MR) is 110 cm³/mol. The van der Waals surface area contributed by atoms with E-state index in [-0.39, 0.29) is 18.2 Å². The Morgan fingerprint density at radius 3 is 2.70 bits per heavy atom. The van der Waals surface area contributed by atoms with Crippen LogP contribution in [0.25, 0.3) is 5.78 Å². The van der Waals surface area contributed by atoms with Crippen molar-refractivity contribution in [2.75, 3.05) is 18.4 Å². The van der Waals surface area contributed by atoms with Crippen LogP contribution >= 0.6 is 0 Å². The highest BCUT2D eigenvalue weighted by atomic mass is 16.2. The Bertz CT molecular complexity index is 1160. The lowest BCUT2D eigenvalue weighted by Gasteiger charge is -2.45. The van der Waals surface area contributed by atoms with Crippen LogP contribution < -0.4 is 10.6 Å². The summed E-state index contributed by atoms with van der Waals surface area (Å²) in [5, 5.41) is 11.0. The average Bonchev–Trinajstić information content (AvgIpc) is 3.11. The Kier molecular flexibility index (Phi) is 4.19. The number of para-hydroxylation sites is 1. The Balaban J connectivity index is 1.27. The summed E-state index contributed by atoms with van der Waals surface area (Å²) in [7, 11) is 0. The summed E-state index contributed by atoms with van der Waals surface area (Å²) in [5.41, 5.74) is 2.78. The average molecular weight is 405 g/mol. The molecule has 2 aromatic heterocycles. The van der Waals surface area contributed by atoms with Gasteiger partial charge in [0.15, 0.2) is 5.82 Å². The van der Waals surface area contributed by atoms with E-state index in [0.29, 0.717) is 43.1 Å². The molecule has 3 aromatic rings. The van der Waals surface area contributed by atoms with Crippen molar-refractivity contribution < 1.29 is 9.59 Å². The third-order valence-corrected chi connectivity index (χ3v) is 5.84. The third-order valence-electron chi connectivity index (χ3n) is 5.84. The molecule has 0 radical (unpaired) electrons. The summed E-state index contributed by atoms with van der Waals surface area (Å²) in [6.07, 6.45) is 1.41. The molecule has 30 heavy (non-hydrogen) atoms. The van der Waals surface area contributed by atoms with Gasteiger partial charge < -0.3 is 15.5 Å². The molecular formula is C21H23N7O2. The molecule has 0 aliphatic carbocycles. The van der Waals surface area contributed by atoms with Crippen LogP contribution in [0.3, 0.4) is 0 Å². The second kappa shape index (κ2) is 6.79. The van der Waals surface area contributed by atoms with Crippen molar-refractivity contribution in [1.82, 2.24) is 29.8 Å². The maximum absolute atomic E-state index is 12.8. The van der Waals surface area contributed by atoms with Crippen LogP contribution in [-0.2, 0) is 11.2 Å². The lowest BCUT2D eigenvalue weighted by molar-refractivity contribution is -0.132. The second-order valence-corrected chi connectivity index (χ2v) is 8.04. The van der Waals surface area contributed by atoms with Crippen LogP contribution in [0, 0.1) is 13.8 Å². The maximum Gasteiger partial charge on any atom is 0.255 e. The van der Waals surface area contributed by atoms with Gasteiger partial charge in [-0.25, -0.2) is 9.50 Å². The van der Waals surface area contributed by atoms with Gasteiger partial charge in [0.1, 0.15) is 5.66 Å². The van der Waals surface area contributed by atoms with Crippen molar-refractivity contribution in [1.29, 1.82) is 0 Å². The number of carbonyl (C=O) groups is 2. The fraction of sp³-hybridized carbons (Fsp3) is 0.381. The van der Waals surface area contributed by atoms with E-state index in [9.17, 15) is 9.59 Å². The van der Waals surface area contributed by atoms with E-state index in [4.69, 9.17) is 0 Å². The van der Waals surface area contributed by atoms with Gasteiger partial charge in [0.25, 0.3) is 11.7 Å². The monoisotopic (exact) mass is 405 g/mol. The van der Waals surface area contributed by atoms with Crippen LogP contribution in [0.5, 0.6) is 0 Å². The molecule has 9 heteroatoms. The number of anilines is 1. The minimum atomic E-state index is -0.512. The largest absolute Gasteiger partial charge is 0.362 e. The molecule has 2 aliphatic heterocycles. The fourth-order valence-electron chi connectivity index (χ4n) is 4.28. The van der Waals surface area contributed by atoms with Gasteiger partial charge in [0, 0.05) is 43.0 Å². The van der Waals surface area contributed by atoms with Crippen molar-refractivity contribution >= 4 is 23.3 Å². The Hall–Kier alpha value is -3.49. The number of rotatable bonds is 2. The zero-order chi connectivity index (χ0) is 20.9. The van der Waals surface area contributed by atoms with E-state index in [2.05, 4.69) is 25.7 Å². The first-order valence-corrected chi connectivity index (χ1v) is 10.1. The van der Waals surface area contributed by atoms with Gasteiger partial charge in [0.05, 0.1) is 12.0 Å². The minimum absolute atomic E-state index is 0.0160. The standard InChI is InChI=1S/C21H23N7O2/c1-13-11-14(2)28-20(22-13)23-17(26-28)12-18(29)27-9-7-21(8-10-27)24-16-6-4-3-5-15(16)19(30)25-21/h3-6,11,24H,7-10,12H2,1-2H3,(H,25,30). The lowest BCUT2D eigenvalue weighted by atomic mass is 9.92. The number of aromatic nitrogens is 4. The van der Waals surface area contributed by atoms with Crippen molar-refractivity contribution in [3.05, 3.63) is 53.1 Å². The Morgan fingerprint density at radius 2 is 1.90 bits per heavy atom. The zero-order valence-corrected chi connectivity index (χ0v) is 17.0. The summed E-state index contributed by atoms with van der Waals surface area (Å²) in [6, 6.07) is 9.42. The van der Waals surface area contributed by atoms with E-state index in [1.807, 2.05) is 49.1 Å². The quantitative estimate of drug-likeness (QED) is 0.669. The van der Waals surface area contributed by atoms with Gasteiger partial charge in [-0.3, -0.25) is 9.59 Å². The number of piperidine rings is 1. The molecular weight excluding hydrogens is 382 g/mol. The molecule has 1 saturated heterocycles. The Labute approximate surface area is 173 Å². The number of benzene rings is 1. The molecule has 0 unspecified atom stereocenters. The van der Waals surface area contributed by atoms with E-state index in [1.54, 1.807) is 4.52 Å². The molecule has 4 heterocycles. The van der Waals surface area contributed by atoms with E-state index >= 15 is 0 Å². The molecule has 0 atom stereocenters. The van der Waals surface area contributed by atoms with E-state index < -0.39 is 5.66 Å². The van der Waals surface area contributed by atoms with Crippen molar-refractivity contribution in [3.8, 4) is 0 Å². The molecule has 5 rings (SSSR count). The summed E-state index contributed by atoms with van der Waals surface area (Å²) in [5.74, 6) is 0.897. The number of carbonyl (C=O) groups excluding carboxylic acids is 2. The second-order valence-electron chi connectivity index (χ2n) is 8.04. The smallest absolute Gasteiger partial charge is 0.255 e. The third kappa shape index (κ3) is 3.16. The highest BCUT2D eigenvalue weighted by molar-refractivity contribution is 6.02. The van der Waals surface area contributed by atoms with Gasteiger partial charge >= 0.3 is 0 Å². The summed E-state index contributed by atoms with van der Waals surface area (Å²) in [6.45, 7) is 4.96. The number of aryl methyl sites for hydroxylation is 2. The molecule has 2 amide bonds. The number of hydrogen-bond acceptors (Lipinski definition) is 6. The molecule has 2 N–H and O–H groups in total. The van der Waals surface area contributed by atoms with E-state index in [0.717, 1.165) is 17.1 Å². The molecule has 9 nitrogen and oxygen atoms in total. The predicted octanol–water partition coefficient (Wildman–Crippen LogP) is 1.46. The SMILES string of the molecule is Cc1cc(C)n2nc(CC(=O)N3CCC4(CC3)NC(=O)c3ccccc3N4)nc2n1. The number of likely N-dealkylation sites (tertiary alicyclic amines) is 1. The van der Waals surface area contributed by atoms with Crippen LogP contribution in [-0.4, -0.2) is 55.0 Å². The fourth-order valence-corrected chi connectivity index (χ4v) is 4.28.